The summed E-state index contributed by atoms with van der Waals surface area (Å²) in [7, 11) is 0. The van der Waals surface area contributed by atoms with Crippen LogP contribution in [0.1, 0.15) is 26.6 Å². The van der Waals surface area contributed by atoms with E-state index in [-0.39, 0.29) is 11.7 Å². The van der Waals surface area contributed by atoms with Crippen LogP contribution in [0, 0.1) is 19.7 Å². The molecule has 0 fully saturated rings. The minimum absolute atomic E-state index is 0.228. The van der Waals surface area contributed by atoms with Gasteiger partial charge in [-0.25, -0.2) is 9.82 Å². The van der Waals surface area contributed by atoms with E-state index in [4.69, 9.17) is 0 Å². The highest BCUT2D eigenvalue weighted by Gasteiger charge is 2.10. The Kier molecular flexibility index (Phi) is 4.57. The summed E-state index contributed by atoms with van der Waals surface area (Å²) in [6.07, 6.45) is 1.62. The van der Waals surface area contributed by atoms with Crippen molar-refractivity contribution in [3.8, 4) is 5.69 Å². The summed E-state index contributed by atoms with van der Waals surface area (Å²) >= 11 is 1.36. The lowest BCUT2D eigenvalue weighted by Gasteiger charge is -2.09. The highest BCUT2D eigenvalue weighted by molar-refractivity contribution is 7.12. The molecule has 0 aliphatic rings. The smallest absolute Gasteiger partial charge is 0.281 e. The lowest BCUT2D eigenvalue weighted by Crippen LogP contribution is -2.16. The number of nitrogens with zero attached hydrogens (tertiary/aromatic N) is 2. The Hall–Kier alpha value is -2.73. The molecule has 0 radical (unpaired) electrons. The molecule has 0 aliphatic carbocycles. The van der Waals surface area contributed by atoms with Crippen LogP contribution in [-0.4, -0.2) is 16.7 Å². The summed E-state index contributed by atoms with van der Waals surface area (Å²) in [6, 6.07) is 11.9. The monoisotopic (exact) mass is 341 g/mol. The third-order valence-electron chi connectivity index (χ3n) is 3.67. The van der Waals surface area contributed by atoms with Crippen LogP contribution in [-0.2, 0) is 0 Å². The molecule has 122 valence electrons. The van der Waals surface area contributed by atoms with Crippen molar-refractivity contribution in [2.45, 2.75) is 13.8 Å². The SMILES string of the molecule is Cc1cc(/C=N/NC(=O)c2cccs2)c(C)n1-c1ccc(F)cc1. The molecule has 1 amide bonds. The van der Waals surface area contributed by atoms with Gasteiger partial charge in [0, 0.05) is 22.6 Å². The molecule has 4 nitrogen and oxygen atoms in total. The van der Waals surface area contributed by atoms with Gasteiger partial charge in [0.1, 0.15) is 5.82 Å². The van der Waals surface area contributed by atoms with Crippen molar-refractivity contribution in [2.24, 2.45) is 5.10 Å². The van der Waals surface area contributed by atoms with E-state index >= 15 is 0 Å². The van der Waals surface area contributed by atoms with E-state index < -0.39 is 0 Å². The Morgan fingerprint density at radius 3 is 2.67 bits per heavy atom. The van der Waals surface area contributed by atoms with Gasteiger partial charge in [-0.1, -0.05) is 6.07 Å². The quantitative estimate of drug-likeness (QED) is 0.564. The number of thiophene rings is 1. The number of carbonyl (C=O) groups is 1. The Morgan fingerprint density at radius 1 is 1.25 bits per heavy atom. The van der Waals surface area contributed by atoms with Gasteiger partial charge in [-0.2, -0.15) is 5.10 Å². The predicted molar refractivity (Wildman–Crippen MR) is 94.6 cm³/mol. The largest absolute Gasteiger partial charge is 0.318 e. The summed E-state index contributed by atoms with van der Waals surface area (Å²) in [5, 5.41) is 5.87. The average Bonchev–Trinajstić information content (AvgIpc) is 3.18. The highest BCUT2D eigenvalue weighted by Crippen LogP contribution is 2.20. The van der Waals surface area contributed by atoms with Crippen LogP contribution in [0.3, 0.4) is 0 Å². The van der Waals surface area contributed by atoms with Crippen LogP contribution < -0.4 is 5.43 Å². The zero-order valence-electron chi connectivity index (χ0n) is 13.3. The van der Waals surface area contributed by atoms with Gasteiger partial charge in [-0.3, -0.25) is 4.79 Å². The number of hydrogen-bond donors (Lipinski definition) is 1. The minimum Gasteiger partial charge on any atom is -0.318 e. The third kappa shape index (κ3) is 3.28. The lowest BCUT2D eigenvalue weighted by atomic mass is 10.2. The molecule has 1 aromatic carbocycles. The van der Waals surface area contributed by atoms with E-state index in [1.54, 1.807) is 24.4 Å². The van der Waals surface area contributed by atoms with Crippen LogP contribution in [0.5, 0.6) is 0 Å². The molecule has 3 rings (SSSR count). The number of benzene rings is 1. The van der Waals surface area contributed by atoms with Gasteiger partial charge >= 0.3 is 0 Å². The van der Waals surface area contributed by atoms with Crippen LogP contribution in [0.25, 0.3) is 5.69 Å². The first-order valence-corrected chi connectivity index (χ1v) is 8.26. The van der Waals surface area contributed by atoms with E-state index in [2.05, 4.69) is 10.5 Å². The molecule has 0 unspecified atom stereocenters. The molecule has 2 heterocycles. The van der Waals surface area contributed by atoms with Crippen molar-refractivity contribution in [3.63, 3.8) is 0 Å². The predicted octanol–water partition coefficient (Wildman–Crippen LogP) is 4.06. The maximum atomic E-state index is 13.1. The van der Waals surface area contributed by atoms with Gasteiger partial charge in [0.15, 0.2) is 0 Å². The zero-order chi connectivity index (χ0) is 17.1. The van der Waals surface area contributed by atoms with E-state index in [1.165, 1.54) is 23.5 Å². The Balaban J connectivity index is 1.80. The van der Waals surface area contributed by atoms with Crippen LogP contribution in [0.15, 0.2) is 52.9 Å². The first kappa shape index (κ1) is 16.1. The number of rotatable bonds is 4. The van der Waals surface area contributed by atoms with E-state index in [0.717, 1.165) is 22.6 Å². The van der Waals surface area contributed by atoms with E-state index in [1.807, 2.05) is 35.9 Å². The molecule has 24 heavy (non-hydrogen) atoms. The van der Waals surface area contributed by atoms with Crippen molar-refractivity contribution < 1.29 is 9.18 Å². The molecule has 1 N–H and O–H groups in total. The summed E-state index contributed by atoms with van der Waals surface area (Å²) in [5.41, 5.74) is 6.26. The summed E-state index contributed by atoms with van der Waals surface area (Å²) in [6.45, 7) is 3.93. The second kappa shape index (κ2) is 6.80. The second-order valence-electron chi connectivity index (χ2n) is 5.31. The van der Waals surface area contributed by atoms with Crippen molar-refractivity contribution in [1.82, 2.24) is 9.99 Å². The van der Waals surface area contributed by atoms with Crippen LogP contribution in [0.2, 0.25) is 0 Å². The molecule has 0 saturated heterocycles. The highest BCUT2D eigenvalue weighted by atomic mass is 32.1. The third-order valence-corrected chi connectivity index (χ3v) is 4.54. The molecule has 2 aromatic heterocycles. The van der Waals surface area contributed by atoms with Crippen molar-refractivity contribution in [2.75, 3.05) is 0 Å². The van der Waals surface area contributed by atoms with Gasteiger partial charge in [-0.05, 0) is 55.6 Å². The van der Waals surface area contributed by atoms with E-state index in [9.17, 15) is 9.18 Å². The second-order valence-corrected chi connectivity index (χ2v) is 6.26. The van der Waals surface area contributed by atoms with Gasteiger partial charge < -0.3 is 4.57 Å². The molecular weight excluding hydrogens is 325 g/mol. The van der Waals surface area contributed by atoms with Gasteiger partial charge in [0.25, 0.3) is 5.91 Å². The molecule has 0 aliphatic heterocycles. The number of hydrazone groups is 1. The molecule has 3 aromatic rings. The number of aryl methyl sites for hydroxylation is 1. The maximum absolute atomic E-state index is 13.1. The first-order chi connectivity index (χ1) is 11.6. The molecular formula is C18H16FN3OS. The van der Waals surface area contributed by atoms with Crippen molar-refractivity contribution >= 4 is 23.5 Å². The van der Waals surface area contributed by atoms with Crippen LogP contribution >= 0.6 is 11.3 Å². The number of halogens is 1. The molecule has 0 spiro atoms. The fourth-order valence-corrected chi connectivity index (χ4v) is 3.14. The molecule has 6 heteroatoms. The fraction of sp³-hybridized carbons (Fsp3) is 0.111. The average molecular weight is 341 g/mol. The van der Waals surface area contributed by atoms with Gasteiger partial charge in [0.05, 0.1) is 11.1 Å². The van der Waals surface area contributed by atoms with Gasteiger partial charge in [-0.15, -0.1) is 11.3 Å². The fourth-order valence-electron chi connectivity index (χ4n) is 2.53. The molecule has 0 atom stereocenters. The van der Waals surface area contributed by atoms with E-state index in [0.29, 0.717) is 4.88 Å². The summed E-state index contributed by atoms with van der Waals surface area (Å²) in [5.74, 6) is -0.493. The Labute approximate surface area is 143 Å². The molecule has 0 saturated carbocycles. The Morgan fingerprint density at radius 2 is 2.00 bits per heavy atom. The number of aromatic nitrogens is 1. The number of nitrogens with one attached hydrogen (secondary N) is 1. The first-order valence-electron chi connectivity index (χ1n) is 7.38. The number of hydrogen-bond acceptors (Lipinski definition) is 3. The number of amides is 1. The van der Waals surface area contributed by atoms with Crippen molar-refractivity contribution in [1.29, 1.82) is 0 Å². The minimum atomic E-state index is -0.265. The number of carbonyl (C=O) groups excluding carboxylic acids is 1. The summed E-state index contributed by atoms with van der Waals surface area (Å²) in [4.78, 5) is 12.5. The zero-order valence-corrected chi connectivity index (χ0v) is 14.1. The Bertz CT molecular complexity index is 880. The maximum Gasteiger partial charge on any atom is 0.281 e. The normalized spacial score (nSPS) is 11.1. The topological polar surface area (TPSA) is 46.4 Å². The standard InChI is InChI=1S/C18H16FN3OS/c1-12-10-14(11-20-21-18(23)17-4-3-9-24-17)13(2)22(12)16-7-5-15(19)6-8-16/h3-11H,1-2H3,(H,21,23)/b20-11+. The van der Waals surface area contributed by atoms with Gasteiger partial charge in [0.2, 0.25) is 0 Å². The lowest BCUT2D eigenvalue weighted by molar-refractivity contribution is 0.0959. The molecule has 0 bridgehead atoms. The van der Waals surface area contributed by atoms with Crippen LogP contribution in [0.4, 0.5) is 4.39 Å². The summed E-state index contributed by atoms with van der Waals surface area (Å²) < 4.78 is 15.1. The van der Waals surface area contributed by atoms with Crippen molar-refractivity contribution in [3.05, 3.63) is 75.5 Å².